The molecular weight excluding hydrogens is 404 g/mol. The number of carbonyl (C=O) groups excluding carboxylic acids is 2. The highest BCUT2D eigenvalue weighted by atomic mass is 16.5. The number of aliphatic imine (C=N–C) groups is 2. The molecule has 0 amide bonds. The monoisotopic (exact) mass is 450 g/mol. The van der Waals surface area contributed by atoms with Crippen molar-refractivity contribution < 1.29 is 19.1 Å². The van der Waals surface area contributed by atoms with Crippen LogP contribution in [0.5, 0.6) is 0 Å². The van der Waals surface area contributed by atoms with Crippen molar-refractivity contribution in [2.45, 2.75) is 100 Å². The average Bonchev–Trinajstić information content (AvgIpc) is 2.61. The molecule has 0 spiro atoms. The zero-order chi connectivity index (χ0) is 24.5. The van der Waals surface area contributed by atoms with Crippen molar-refractivity contribution in [1.29, 1.82) is 0 Å². The molecule has 0 heterocycles. The van der Waals surface area contributed by atoms with Crippen LogP contribution in [-0.4, -0.2) is 49.2 Å². The molecule has 1 aliphatic carbocycles. The van der Waals surface area contributed by atoms with Crippen LogP contribution in [0.25, 0.3) is 0 Å². The number of carbonyl (C=O) groups is 2. The fraction of sp³-hybridized carbons (Fsp3) is 0.846. The Balaban J connectivity index is 2.74. The second-order valence-electron chi connectivity index (χ2n) is 11.6. The van der Waals surface area contributed by atoms with E-state index >= 15 is 0 Å². The number of rotatable bonds is 11. The lowest BCUT2D eigenvalue weighted by Gasteiger charge is -2.45. The van der Waals surface area contributed by atoms with Crippen LogP contribution < -0.4 is 0 Å². The Morgan fingerprint density at radius 1 is 0.875 bits per heavy atom. The van der Waals surface area contributed by atoms with Gasteiger partial charge < -0.3 is 9.47 Å². The predicted molar refractivity (Wildman–Crippen MR) is 131 cm³/mol. The van der Waals surface area contributed by atoms with Gasteiger partial charge in [0.2, 0.25) is 0 Å². The fourth-order valence-corrected chi connectivity index (χ4v) is 4.57. The lowest BCUT2D eigenvalue weighted by molar-refractivity contribution is -0.144. The summed E-state index contributed by atoms with van der Waals surface area (Å²) in [5.41, 5.74) is 1.78. The second-order valence-corrected chi connectivity index (χ2v) is 11.6. The number of ether oxygens (including phenoxy) is 2. The molecule has 0 aromatic carbocycles. The predicted octanol–water partition coefficient (Wildman–Crippen LogP) is 5.67. The number of hydrogen-bond donors (Lipinski definition) is 0. The molecule has 0 saturated heterocycles. The Labute approximate surface area is 195 Å². The van der Waals surface area contributed by atoms with Gasteiger partial charge in [-0.2, -0.15) is 0 Å². The minimum atomic E-state index is -0.212. The van der Waals surface area contributed by atoms with E-state index in [0.29, 0.717) is 31.6 Å². The average molecular weight is 451 g/mol. The van der Waals surface area contributed by atoms with Gasteiger partial charge in [-0.25, -0.2) is 0 Å². The van der Waals surface area contributed by atoms with Gasteiger partial charge in [-0.05, 0) is 55.8 Å². The van der Waals surface area contributed by atoms with E-state index in [1.54, 1.807) is 0 Å². The molecule has 0 aromatic rings. The molecule has 184 valence electrons. The maximum Gasteiger partial charge on any atom is 0.311 e. The molecule has 6 heteroatoms. The van der Waals surface area contributed by atoms with E-state index in [2.05, 4.69) is 20.8 Å². The Hall–Kier alpha value is -1.72. The molecule has 0 aliphatic heterocycles. The third kappa shape index (κ3) is 11.8. The summed E-state index contributed by atoms with van der Waals surface area (Å²) in [4.78, 5) is 33.7. The first-order chi connectivity index (χ1) is 14.7. The lowest BCUT2D eigenvalue weighted by Crippen LogP contribution is -2.40. The van der Waals surface area contributed by atoms with E-state index in [1.165, 1.54) is 0 Å². The lowest BCUT2D eigenvalue weighted by atomic mass is 9.62. The first kappa shape index (κ1) is 28.3. The van der Waals surface area contributed by atoms with Gasteiger partial charge in [-0.3, -0.25) is 19.6 Å². The summed E-state index contributed by atoms with van der Waals surface area (Å²) in [6.07, 6.45) is 3.45. The summed E-state index contributed by atoms with van der Waals surface area (Å²) in [7, 11) is 0. The van der Waals surface area contributed by atoms with Gasteiger partial charge >= 0.3 is 11.9 Å². The fourth-order valence-electron chi connectivity index (χ4n) is 4.57. The van der Waals surface area contributed by atoms with Gasteiger partial charge in [0.1, 0.15) is 0 Å². The summed E-state index contributed by atoms with van der Waals surface area (Å²) in [6.45, 7) is 20.3. The number of esters is 2. The third-order valence-electron chi connectivity index (χ3n) is 5.51. The Morgan fingerprint density at radius 2 is 1.38 bits per heavy atom. The topological polar surface area (TPSA) is 77.3 Å². The normalized spacial score (nSPS) is 24.0. The molecule has 0 bridgehead atoms. The molecule has 6 nitrogen and oxygen atoms in total. The smallest absolute Gasteiger partial charge is 0.311 e. The molecule has 1 rings (SSSR count). The highest BCUT2D eigenvalue weighted by molar-refractivity contribution is 5.98. The minimum Gasteiger partial charge on any atom is -0.465 e. The molecule has 0 radical (unpaired) electrons. The largest absolute Gasteiger partial charge is 0.465 e. The SMILES string of the molecule is CC(CC(=O)OCC(C)C)=NCC1(C)CC(N=C(C)CC(=O)OCC(C)C)CC(C)(C)C1. The van der Waals surface area contributed by atoms with Crippen molar-refractivity contribution in [3.8, 4) is 0 Å². The van der Waals surface area contributed by atoms with Gasteiger partial charge in [0, 0.05) is 18.0 Å². The Kier molecular flexibility index (Phi) is 11.1. The second kappa shape index (κ2) is 12.5. The molecule has 1 saturated carbocycles. The summed E-state index contributed by atoms with van der Waals surface area (Å²) < 4.78 is 10.6. The van der Waals surface area contributed by atoms with E-state index in [9.17, 15) is 9.59 Å². The van der Waals surface area contributed by atoms with Gasteiger partial charge in [-0.15, -0.1) is 0 Å². The van der Waals surface area contributed by atoms with Crippen LogP contribution in [0.3, 0.4) is 0 Å². The minimum absolute atomic E-state index is 0.00253. The first-order valence-electron chi connectivity index (χ1n) is 12.0. The maximum atomic E-state index is 12.0. The van der Waals surface area contributed by atoms with Crippen molar-refractivity contribution in [1.82, 2.24) is 0 Å². The van der Waals surface area contributed by atoms with Gasteiger partial charge in [0.25, 0.3) is 0 Å². The van der Waals surface area contributed by atoms with E-state index in [4.69, 9.17) is 19.5 Å². The van der Waals surface area contributed by atoms with Crippen LogP contribution in [0.15, 0.2) is 9.98 Å². The molecule has 32 heavy (non-hydrogen) atoms. The summed E-state index contributed by atoms with van der Waals surface area (Å²) in [5, 5.41) is 0. The standard InChI is InChI=1S/C26H46N2O4/c1-18(2)14-31-23(29)10-20(5)27-17-26(9)13-22(12-25(7,8)16-26)28-21(6)11-24(30)32-15-19(3)4/h18-19,22H,10-17H2,1-9H3. The summed E-state index contributed by atoms with van der Waals surface area (Å²) in [6, 6.07) is 0.160. The zero-order valence-corrected chi connectivity index (χ0v) is 21.9. The van der Waals surface area contributed by atoms with E-state index < -0.39 is 0 Å². The van der Waals surface area contributed by atoms with Crippen molar-refractivity contribution in [2.24, 2.45) is 32.7 Å². The molecule has 0 N–H and O–H groups in total. The number of nitrogens with zero attached hydrogens (tertiary/aromatic N) is 2. The Bertz CT molecular complexity index is 694. The summed E-state index contributed by atoms with van der Waals surface area (Å²) >= 11 is 0. The Morgan fingerprint density at radius 3 is 1.88 bits per heavy atom. The number of hydrogen-bond acceptors (Lipinski definition) is 6. The van der Waals surface area contributed by atoms with Crippen LogP contribution in [0.1, 0.15) is 94.4 Å². The first-order valence-corrected chi connectivity index (χ1v) is 12.0. The van der Waals surface area contributed by atoms with Crippen LogP contribution in [0.4, 0.5) is 0 Å². The zero-order valence-electron chi connectivity index (χ0n) is 21.9. The van der Waals surface area contributed by atoms with Gasteiger partial charge in [0.15, 0.2) is 0 Å². The molecular formula is C26H46N2O4. The quantitative estimate of drug-likeness (QED) is 0.300. The highest BCUT2D eigenvalue weighted by Crippen LogP contribution is 2.47. The van der Waals surface area contributed by atoms with Crippen LogP contribution >= 0.6 is 0 Å². The van der Waals surface area contributed by atoms with Crippen LogP contribution in [-0.2, 0) is 19.1 Å². The van der Waals surface area contributed by atoms with Crippen LogP contribution in [0.2, 0.25) is 0 Å². The van der Waals surface area contributed by atoms with Crippen molar-refractivity contribution in [3.63, 3.8) is 0 Å². The maximum absolute atomic E-state index is 12.0. The van der Waals surface area contributed by atoms with Crippen LogP contribution in [0, 0.1) is 22.7 Å². The van der Waals surface area contributed by atoms with Crippen molar-refractivity contribution in [2.75, 3.05) is 19.8 Å². The van der Waals surface area contributed by atoms with Crippen molar-refractivity contribution >= 4 is 23.4 Å². The molecule has 0 aromatic heterocycles. The van der Waals surface area contributed by atoms with E-state index in [1.807, 2.05) is 41.5 Å². The molecule has 2 atom stereocenters. The molecule has 2 unspecified atom stereocenters. The van der Waals surface area contributed by atoms with E-state index in [0.717, 1.165) is 30.7 Å². The van der Waals surface area contributed by atoms with E-state index in [-0.39, 0.29) is 41.7 Å². The third-order valence-corrected chi connectivity index (χ3v) is 5.51. The van der Waals surface area contributed by atoms with Gasteiger partial charge in [0.05, 0.1) is 32.1 Å². The molecule has 1 aliphatic rings. The highest BCUT2D eigenvalue weighted by Gasteiger charge is 2.41. The molecule has 1 fully saturated rings. The van der Waals surface area contributed by atoms with Crippen molar-refractivity contribution in [3.05, 3.63) is 0 Å². The van der Waals surface area contributed by atoms with Gasteiger partial charge in [-0.1, -0.05) is 48.5 Å². The summed E-state index contributed by atoms with van der Waals surface area (Å²) in [5.74, 6) is 0.244.